The monoisotopic (exact) mass is 465 g/mol. The van der Waals surface area contributed by atoms with E-state index in [2.05, 4.69) is 0 Å². The molecule has 0 bridgehead atoms. The summed E-state index contributed by atoms with van der Waals surface area (Å²) in [5, 5.41) is 22.4. The van der Waals surface area contributed by atoms with Gasteiger partial charge in [0.2, 0.25) is 0 Å². The average molecular weight is 466 g/mol. The molecule has 2 heterocycles. The Bertz CT molecular complexity index is 1390. The molecule has 4 atom stereocenters. The Hall–Kier alpha value is -3.07. The zero-order chi connectivity index (χ0) is 23.2. The number of hydrogen-bond donors (Lipinski definition) is 2. The molecule has 0 amide bonds. The number of anilines is 1. The lowest BCUT2D eigenvalue weighted by molar-refractivity contribution is -0.00480. The minimum absolute atomic E-state index is 0.0437. The number of aliphatic hydroxyl groups is 2. The SMILES string of the molecule is COc1ccc2c(c1)O[C@@]13C[C@H](O)[C@H](O)[C@@]21N(S(=O)(=O)c1ccc(C)cc1)c1ccccc13. The second-order valence-electron chi connectivity index (χ2n) is 8.87. The van der Waals surface area contributed by atoms with Crippen molar-refractivity contribution in [3.05, 3.63) is 83.4 Å². The summed E-state index contributed by atoms with van der Waals surface area (Å²) in [6.45, 7) is 1.89. The lowest BCUT2D eigenvalue weighted by Crippen LogP contribution is -2.59. The van der Waals surface area contributed by atoms with Crippen molar-refractivity contribution in [3.63, 3.8) is 0 Å². The predicted molar refractivity (Wildman–Crippen MR) is 121 cm³/mol. The van der Waals surface area contributed by atoms with Crippen molar-refractivity contribution in [2.75, 3.05) is 11.4 Å². The van der Waals surface area contributed by atoms with Crippen LogP contribution in [0.2, 0.25) is 0 Å². The van der Waals surface area contributed by atoms with E-state index in [1.807, 2.05) is 19.1 Å². The Balaban J connectivity index is 1.71. The van der Waals surface area contributed by atoms with E-state index in [1.54, 1.807) is 54.6 Å². The molecule has 3 aromatic rings. The van der Waals surface area contributed by atoms with E-state index in [-0.39, 0.29) is 11.3 Å². The summed E-state index contributed by atoms with van der Waals surface area (Å²) in [5.41, 5.74) is -0.367. The molecule has 1 aliphatic carbocycles. The van der Waals surface area contributed by atoms with E-state index in [1.165, 1.54) is 11.4 Å². The van der Waals surface area contributed by atoms with Crippen LogP contribution in [0.25, 0.3) is 0 Å². The van der Waals surface area contributed by atoms with Crippen molar-refractivity contribution in [3.8, 4) is 11.5 Å². The highest BCUT2D eigenvalue weighted by Gasteiger charge is 2.79. The van der Waals surface area contributed by atoms with Gasteiger partial charge in [-0.2, -0.15) is 0 Å². The van der Waals surface area contributed by atoms with Crippen LogP contribution in [0, 0.1) is 6.92 Å². The lowest BCUT2D eigenvalue weighted by atomic mass is 9.77. The smallest absolute Gasteiger partial charge is 0.265 e. The van der Waals surface area contributed by atoms with Gasteiger partial charge in [-0.15, -0.1) is 0 Å². The van der Waals surface area contributed by atoms with Crippen molar-refractivity contribution >= 4 is 15.7 Å². The largest absolute Gasteiger partial charge is 0.497 e. The first-order chi connectivity index (χ1) is 15.8. The zero-order valence-electron chi connectivity index (χ0n) is 18.1. The molecular formula is C25H23NO6S. The van der Waals surface area contributed by atoms with Gasteiger partial charge in [-0.05, 0) is 37.3 Å². The number of methoxy groups -OCH3 is 1. The Labute approximate surface area is 191 Å². The average Bonchev–Trinajstić information content (AvgIpc) is 3.31. The molecule has 6 rings (SSSR count). The van der Waals surface area contributed by atoms with Gasteiger partial charge in [0.05, 0.1) is 23.8 Å². The van der Waals surface area contributed by atoms with Gasteiger partial charge < -0.3 is 19.7 Å². The maximum absolute atomic E-state index is 14.2. The summed E-state index contributed by atoms with van der Waals surface area (Å²) in [6, 6.07) is 18.8. The molecule has 8 heteroatoms. The van der Waals surface area contributed by atoms with Crippen LogP contribution in [-0.4, -0.2) is 37.9 Å². The third-order valence-corrected chi connectivity index (χ3v) is 9.06. The normalized spacial score (nSPS) is 29.2. The first kappa shape index (κ1) is 20.5. The summed E-state index contributed by atoms with van der Waals surface area (Å²) in [6.07, 6.45) is -2.55. The van der Waals surface area contributed by atoms with Gasteiger partial charge in [-0.1, -0.05) is 35.9 Å². The van der Waals surface area contributed by atoms with Crippen LogP contribution in [-0.2, 0) is 21.2 Å². The molecule has 0 spiro atoms. The van der Waals surface area contributed by atoms with Crippen LogP contribution in [0.5, 0.6) is 11.5 Å². The van der Waals surface area contributed by atoms with Crippen LogP contribution in [0.4, 0.5) is 5.69 Å². The Morgan fingerprint density at radius 3 is 2.48 bits per heavy atom. The van der Waals surface area contributed by atoms with E-state index in [0.29, 0.717) is 28.3 Å². The van der Waals surface area contributed by atoms with Gasteiger partial charge in [-0.3, -0.25) is 0 Å². The molecule has 33 heavy (non-hydrogen) atoms. The first-order valence-corrected chi connectivity index (χ1v) is 12.2. The number of nitrogens with zero attached hydrogens (tertiary/aromatic N) is 1. The third-order valence-electron chi connectivity index (χ3n) is 7.23. The van der Waals surface area contributed by atoms with Crippen molar-refractivity contribution in [2.45, 2.75) is 41.6 Å². The van der Waals surface area contributed by atoms with E-state index in [4.69, 9.17) is 9.47 Å². The fraction of sp³-hybridized carbons (Fsp3) is 0.280. The number of rotatable bonds is 3. The Morgan fingerprint density at radius 1 is 1.03 bits per heavy atom. The van der Waals surface area contributed by atoms with E-state index >= 15 is 0 Å². The molecule has 2 aliphatic heterocycles. The maximum Gasteiger partial charge on any atom is 0.265 e. The van der Waals surface area contributed by atoms with E-state index < -0.39 is 33.4 Å². The molecule has 2 N–H and O–H groups in total. The number of hydrogen-bond acceptors (Lipinski definition) is 6. The molecule has 170 valence electrons. The minimum Gasteiger partial charge on any atom is -0.497 e. The number of para-hydroxylation sites is 1. The number of sulfonamides is 1. The Morgan fingerprint density at radius 2 is 1.76 bits per heavy atom. The molecule has 3 aliphatic rings. The fourth-order valence-corrected chi connectivity index (χ4v) is 7.71. The highest BCUT2D eigenvalue weighted by atomic mass is 32.2. The minimum atomic E-state index is -4.16. The second-order valence-corrected chi connectivity index (χ2v) is 10.7. The summed E-state index contributed by atoms with van der Waals surface area (Å²) in [7, 11) is -2.62. The molecule has 1 fully saturated rings. The zero-order valence-corrected chi connectivity index (χ0v) is 18.9. The summed E-state index contributed by atoms with van der Waals surface area (Å²) >= 11 is 0. The van der Waals surface area contributed by atoms with Crippen molar-refractivity contribution in [1.82, 2.24) is 0 Å². The number of fused-ring (bicyclic) bond motifs is 2. The molecule has 1 saturated carbocycles. The highest BCUT2D eigenvalue weighted by molar-refractivity contribution is 7.93. The van der Waals surface area contributed by atoms with Gasteiger partial charge in [0, 0.05) is 23.6 Å². The third kappa shape index (κ3) is 2.28. The molecule has 0 radical (unpaired) electrons. The quantitative estimate of drug-likeness (QED) is 0.618. The molecule has 0 saturated heterocycles. The topological polar surface area (TPSA) is 96.3 Å². The molecule has 3 aromatic carbocycles. The first-order valence-electron chi connectivity index (χ1n) is 10.7. The van der Waals surface area contributed by atoms with E-state index in [0.717, 1.165) is 5.56 Å². The van der Waals surface area contributed by atoms with Gasteiger partial charge in [0.1, 0.15) is 17.6 Å². The van der Waals surface area contributed by atoms with Crippen LogP contribution in [0.15, 0.2) is 71.6 Å². The van der Waals surface area contributed by atoms with Crippen LogP contribution in [0.1, 0.15) is 23.1 Å². The van der Waals surface area contributed by atoms with Gasteiger partial charge >= 0.3 is 0 Å². The second kappa shape index (κ2) is 6.50. The summed E-state index contributed by atoms with van der Waals surface area (Å²) in [4.78, 5) is 0.101. The predicted octanol–water partition coefficient (Wildman–Crippen LogP) is 2.82. The van der Waals surface area contributed by atoms with Crippen molar-refractivity contribution < 1.29 is 28.1 Å². The van der Waals surface area contributed by atoms with Crippen LogP contribution in [0.3, 0.4) is 0 Å². The number of aliphatic hydroxyl groups excluding tert-OH is 2. The molecule has 0 aromatic heterocycles. The lowest BCUT2D eigenvalue weighted by Gasteiger charge is -2.41. The molecule has 0 unspecified atom stereocenters. The summed E-state index contributed by atoms with van der Waals surface area (Å²) in [5.74, 6) is 0.981. The van der Waals surface area contributed by atoms with E-state index in [9.17, 15) is 18.6 Å². The van der Waals surface area contributed by atoms with Crippen LogP contribution < -0.4 is 13.8 Å². The van der Waals surface area contributed by atoms with Gasteiger partial charge in [0.15, 0.2) is 11.1 Å². The standard InChI is InChI=1S/C25H23NO6S/c1-15-7-10-17(11-8-15)33(29,30)26-20-6-4-3-5-18(20)24-14-21(27)23(28)25(24,26)19-12-9-16(31-2)13-22(19)32-24/h3-13,21,23,27-28H,14H2,1-2H3/t21-,23-,24+,25-/m0/s1. The molecule has 7 nitrogen and oxygen atoms in total. The van der Waals surface area contributed by atoms with Gasteiger partial charge in [-0.25, -0.2) is 12.7 Å². The Kier molecular flexibility index (Phi) is 4.04. The fourth-order valence-electron chi connectivity index (χ4n) is 5.87. The summed E-state index contributed by atoms with van der Waals surface area (Å²) < 4.78 is 41.6. The van der Waals surface area contributed by atoms with Gasteiger partial charge in [0.25, 0.3) is 10.0 Å². The van der Waals surface area contributed by atoms with Crippen LogP contribution >= 0.6 is 0 Å². The number of aryl methyl sites for hydroxylation is 1. The maximum atomic E-state index is 14.2. The molecular weight excluding hydrogens is 442 g/mol. The number of benzene rings is 3. The number of ether oxygens (including phenoxy) is 2. The van der Waals surface area contributed by atoms with Crippen molar-refractivity contribution in [2.24, 2.45) is 0 Å². The highest BCUT2D eigenvalue weighted by Crippen LogP contribution is 2.71. The van der Waals surface area contributed by atoms with Crippen molar-refractivity contribution in [1.29, 1.82) is 0 Å².